The number of hydrogen-bond donors (Lipinski definition) is 0. The minimum atomic E-state index is -0.317. The van der Waals surface area contributed by atoms with Crippen molar-refractivity contribution >= 4 is 5.76 Å². The van der Waals surface area contributed by atoms with E-state index >= 15 is 0 Å². The summed E-state index contributed by atoms with van der Waals surface area (Å²) in [5, 5.41) is 0. The molecule has 1 fully saturated rings. The van der Waals surface area contributed by atoms with Gasteiger partial charge in [0.15, 0.2) is 11.6 Å². The predicted octanol–water partition coefficient (Wildman–Crippen LogP) is 4.55. The molecule has 0 amide bonds. The monoisotopic (exact) mass is 264 g/mol. The second-order valence-corrected chi connectivity index (χ2v) is 4.84. The molecule has 0 aromatic heterocycles. The maximum atomic E-state index is 14.0. The van der Waals surface area contributed by atoms with Crippen molar-refractivity contribution in [1.82, 2.24) is 0 Å². The lowest BCUT2D eigenvalue weighted by Gasteiger charge is -2.21. The SMILES string of the molecule is CCCCOc1ccc(C(OC)=C2CCC2)cc1F. The molecule has 0 bridgehead atoms. The van der Waals surface area contributed by atoms with Crippen molar-refractivity contribution in [2.45, 2.75) is 39.0 Å². The first-order valence-corrected chi connectivity index (χ1v) is 6.95. The van der Waals surface area contributed by atoms with Crippen LogP contribution in [-0.4, -0.2) is 13.7 Å². The van der Waals surface area contributed by atoms with Gasteiger partial charge in [0.05, 0.1) is 13.7 Å². The van der Waals surface area contributed by atoms with Gasteiger partial charge in [0.1, 0.15) is 5.76 Å². The van der Waals surface area contributed by atoms with E-state index in [1.165, 1.54) is 18.1 Å². The zero-order chi connectivity index (χ0) is 13.7. The fraction of sp³-hybridized carbons (Fsp3) is 0.500. The zero-order valence-electron chi connectivity index (χ0n) is 11.7. The lowest BCUT2D eigenvalue weighted by molar-refractivity contribution is 0.294. The molecular formula is C16H21FO2. The second kappa shape index (κ2) is 6.60. The van der Waals surface area contributed by atoms with Gasteiger partial charge in [-0.3, -0.25) is 0 Å². The van der Waals surface area contributed by atoms with Gasteiger partial charge in [-0.1, -0.05) is 13.3 Å². The molecule has 2 nitrogen and oxygen atoms in total. The summed E-state index contributed by atoms with van der Waals surface area (Å²) >= 11 is 0. The Morgan fingerprint density at radius 1 is 1.32 bits per heavy atom. The van der Waals surface area contributed by atoms with Crippen molar-refractivity contribution in [2.24, 2.45) is 0 Å². The van der Waals surface area contributed by atoms with Crippen LogP contribution < -0.4 is 4.74 Å². The van der Waals surface area contributed by atoms with Crippen LogP contribution in [0.15, 0.2) is 23.8 Å². The molecule has 0 unspecified atom stereocenters. The number of hydrogen-bond acceptors (Lipinski definition) is 2. The Hall–Kier alpha value is -1.51. The maximum absolute atomic E-state index is 14.0. The number of allylic oxidation sites excluding steroid dienone is 1. The van der Waals surface area contributed by atoms with Gasteiger partial charge in [-0.25, -0.2) is 4.39 Å². The molecule has 0 radical (unpaired) electrons. The summed E-state index contributed by atoms with van der Waals surface area (Å²) in [4.78, 5) is 0. The standard InChI is InChI=1S/C16H21FO2/c1-3-4-10-19-15-9-8-13(11-14(15)17)16(18-2)12-6-5-7-12/h8-9,11H,3-7,10H2,1-2H3. The highest BCUT2D eigenvalue weighted by atomic mass is 19.1. The maximum Gasteiger partial charge on any atom is 0.165 e. The summed E-state index contributed by atoms with van der Waals surface area (Å²) in [5.41, 5.74) is 2.08. The normalized spacial score (nSPS) is 13.9. The average Bonchev–Trinajstić information content (AvgIpc) is 2.35. The molecule has 0 N–H and O–H groups in total. The summed E-state index contributed by atoms with van der Waals surface area (Å²) in [5.74, 6) is 0.833. The Bertz CT molecular complexity index is 460. The Morgan fingerprint density at radius 2 is 2.11 bits per heavy atom. The van der Waals surface area contributed by atoms with E-state index in [9.17, 15) is 4.39 Å². The van der Waals surface area contributed by atoms with Gasteiger partial charge in [0.25, 0.3) is 0 Å². The third-order valence-electron chi connectivity index (χ3n) is 3.43. The highest BCUT2D eigenvalue weighted by molar-refractivity contribution is 5.65. The minimum Gasteiger partial charge on any atom is -0.496 e. The van der Waals surface area contributed by atoms with Crippen molar-refractivity contribution in [2.75, 3.05) is 13.7 Å². The van der Waals surface area contributed by atoms with E-state index in [1.54, 1.807) is 13.2 Å². The Kier molecular flexibility index (Phi) is 4.83. The van der Waals surface area contributed by atoms with Crippen LogP contribution in [0.5, 0.6) is 5.75 Å². The first kappa shape index (κ1) is 13.9. The van der Waals surface area contributed by atoms with Crippen molar-refractivity contribution in [1.29, 1.82) is 0 Å². The fourth-order valence-corrected chi connectivity index (χ4v) is 2.13. The van der Waals surface area contributed by atoms with E-state index in [1.807, 2.05) is 6.07 Å². The van der Waals surface area contributed by atoms with E-state index in [-0.39, 0.29) is 5.82 Å². The summed E-state index contributed by atoms with van der Waals surface area (Å²) in [6.07, 6.45) is 5.29. The number of benzene rings is 1. The van der Waals surface area contributed by atoms with Crippen LogP contribution in [-0.2, 0) is 4.74 Å². The zero-order valence-corrected chi connectivity index (χ0v) is 11.7. The molecule has 0 atom stereocenters. The summed E-state index contributed by atoms with van der Waals surface area (Å²) in [7, 11) is 1.64. The molecule has 104 valence electrons. The minimum absolute atomic E-state index is 0.317. The van der Waals surface area contributed by atoms with Gasteiger partial charge in [-0.05, 0) is 49.5 Å². The van der Waals surface area contributed by atoms with Crippen molar-refractivity contribution in [3.05, 3.63) is 35.2 Å². The third-order valence-corrected chi connectivity index (χ3v) is 3.43. The molecule has 3 heteroatoms. The second-order valence-electron chi connectivity index (χ2n) is 4.84. The topological polar surface area (TPSA) is 18.5 Å². The Labute approximate surface area is 114 Å². The first-order chi connectivity index (χ1) is 9.26. The Morgan fingerprint density at radius 3 is 2.63 bits per heavy atom. The summed E-state index contributed by atoms with van der Waals surface area (Å²) in [6, 6.07) is 5.07. The smallest absolute Gasteiger partial charge is 0.165 e. The molecule has 1 aliphatic rings. The van der Waals surface area contributed by atoms with Gasteiger partial charge in [0, 0.05) is 5.56 Å². The molecule has 0 heterocycles. The van der Waals surface area contributed by atoms with Crippen LogP contribution in [0.1, 0.15) is 44.6 Å². The first-order valence-electron chi connectivity index (χ1n) is 6.95. The molecule has 1 aliphatic carbocycles. The number of methoxy groups -OCH3 is 1. The lowest BCUT2D eigenvalue weighted by Crippen LogP contribution is -2.04. The van der Waals surface area contributed by atoms with Crippen molar-refractivity contribution in [3.63, 3.8) is 0 Å². The van der Waals surface area contributed by atoms with E-state index in [4.69, 9.17) is 9.47 Å². The van der Waals surface area contributed by atoms with E-state index < -0.39 is 0 Å². The number of rotatable bonds is 6. The molecule has 0 saturated heterocycles. The van der Waals surface area contributed by atoms with Gasteiger partial charge in [-0.2, -0.15) is 0 Å². The van der Waals surface area contributed by atoms with Crippen LogP contribution in [0.25, 0.3) is 5.76 Å². The number of unbranched alkanes of at least 4 members (excludes halogenated alkanes) is 1. The molecule has 2 rings (SSSR count). The largest absolute Gasteiger partial charge is 0.496 e. The van der Waals surface area contributed by atoms with Gasteiger partial charge in [0.2, 0.25) is 0 Å². The van der Waals surface area contributed by atoms with E-state index in [0.717, 1.165) is 37.0 Å². The average molecular weight is 264 g/mol. The number of ether oxygens (including phenoxy) is 2. The van der Waals surface area contributed by atoms with Crippen molar-refractivity contribution in [3.8, 4) is 5.75 Å². The third kappa shape index (κ3) is 3.28. The molecule has 1 aromatic carbocycles. The van der Waals surface area contributed by atoms with Gasteiger partial charge >= 0.3 is 0 Å². The molecule has 1 saturated carbocycles. The fourth-order valence-electron chi connectivity index (χ4n) is 2.13. The van der Waals surface area contributed by atoms with Crippen LogP contribution in [0, 0.1) is 5.82 Å². The van der Waals surface area contributed by atoms with Crippen LogP contribution >= 0.6 is 0 Å². The summed E-state index contributed by atoms with van der Waals surface area (Å²) < 4.78 is 24.8. The molecular weight excluding hydrogens is 243 g/mol. The highest BCUT2D eigenvalue weighted by Gasteiger charge is 2.18. The van der Waals surface area contributed by atoms with Gasteiger partial charge in [-0.15, -0.1) is 0 Å². The van der Waals surface area contributed by atoms with E-state index in [0.29, 0.717) is 12.4 Å². The van der Waals surface area contributed by atoms with Crippen LogP contribution in [0.4, 0.5) is 4.39 Å². The Balaban J connectivity index is 2.13. The van der Waals surface area contributed by atoms with Crippen molar-refractivity contribution < 1.29 is 13.9 Å². The molecule has 19 heavy (non-hydrogen) atoms. The number of halogens is 1. The predicted molar refractivity (Wildman–Crippen MR) is 74.6 cm³/mol. The summed E-state index contributed by atoms with van der Waals surface area (Å²) in [6.45, 7) is 2.64. The quantitative estimate of drug-likeness (QED) is 0.554. The van der Waals surface area contributed by atoms with Crippen LogP contribution in [0.2, 0.25) is 0 Å². The van der Waals surface area contributed by atoms with Gasteiger partial charge < -0.3 is 9.47 Å². The molecule has 0 spiro atoms. The lowest BCUT2D eigenvalue weighted by atomic mass is 9.89. The molecule has 0 aliphatic heterocycles. The van der Waals surface area contributed by atoms with E-state index in [2.05, 4.69) is 6.92 Å². The highest BCUT2D eigenvalue weighted by Crippen LogP contribution is 2.34. The molecule has 1 aromatic rings. The van der Waals surface area contributed by atoms with Crippen LogP contribution in [0.3, 0.4) is 0 Å².